The molecular weight excluding hydrogens is 212 g/mol. The quantitative estimate of drug-likeness (QED) is 0.726. The molecule has 1 aromatic heterocycles. The second kappa shape index (κ2) is 6.69. The second-order valence-corrected chi connectivity index (χ2v) is 4.63. The number of hydrogen-bond donors (Lipinski definition) is 2. The van der Waals surface area contributed by atoms with Crippen LogP contribution in [0.25, 0.3) is 0 Å². The Hall–Kier alpha value is -0.970. The summed E-state index contributed by atoms with van der Waals surface area (Å²) >= 11 is 0. The Morgan fingerprint density at radius 3 is 3.24 bits per heavy atom. The third-order valence-corrected chi connectivity index (χ3v) is 3.33. The molecule has 94 valence electrons. The van der Waals surface area contributed by atoms with Gasteiger partial charge in [0.15, 0.2) is 0 Å². The molecule has 0 aromatic carbocycles. The first-order valence-corrected chi connectivity index (χ1v) is 6.38. The molecule has 0 aliphatic carbocycles. The van der Waals surface area contributed by atoms with Gasteiger partial charge in [0.05, 0.1) is 5.69 Å². The Balaban J connectivity index is 1.63. The molecular formula is C13H22N4. The highest BCUT2D eigenvalue weighted by Crippen LogP contribution is 2.03. The molecule has 2 rings (SSSR count). The van der Waals surface area contributed by atoms with Crippen molar-refractivity contribution in [3.05, 3.63) is 30.1 Å². The molecule has 0 saturated carbocycles. The van der Waals surface area contributed by atoms with Crippen LogP contribution in [0.4, 0.5) is 0 Å². The van der Waals surface area contributed by atoms with Gasteiger partial charge in [-0.15, -0.1) is 0 Å². The Morgan fingerprint density at radius 2 is 2.47 bits per heavy atom. The standard InChI is InChI=1S/C13H22N4/c1-17-9-8-15-11-13(17)5-7-14-10-12-4-2-3-6-16-12/h2-4,6,13-15H,5,7-11H2,1H3. The van der Waals surface area contributed by atoms with Crippen molar-refractivity contribution in [1.29, 1.82) is 0 Å². The molecule has 2 N–H and O–H groups in total. The van der Waals surface area contributed by atoms with E-state index >= 15 is 0 Å². The van der Waals surface area contributed by atoms with Crippen molar-refractivity contribution < 1.29 is 0 Å². The fourth-order valence-electron chi connectivity index (χ4n) is 2.17. The summed E-state index contributed by atoms with van der Waals surface area (Å²) in [6.45, 7) is 5.30. The zero-order chi connectivity index (χ0) is 11.9. The molecule has 0 amide bonds. The summed E-state index contributed by atoms with van der Waals surface area (Å²) in [4.78, 5) is 6.74. The second-order valence-electron chi connectivity index (χ2n) is 4.63. The van der Waals surface area contributed by atoms with E-state index in [1.807, 2.05) is 18.3 Å². The Labute approximate surface area is 103 Å². The van der Waals surface area contributed by atoms with Gasteiger partial charge in [-0.1, -0.05) is 6.07 Å². The molecule has 0 radical (unpaired) electrons. The van der Waals surface area contributed by atoms with Crippen LogP contribution in [0.1, 0.15) is 12.1 Å². The number of likely N-dealkylation sites (N-methyl/N-ethyl adjacent to an activating group) is 1. The van der Waals surface area contributed by atoms with Crippen molar-refractivity contribution in [3.8, 4) is 0 Å². The van der Waals surface area contributed by atoms with Gasteiger partial charge < -0.3 is 15.5 Å². The van der Waals surface area contributed by atoms with Crippen molar-refractivity contribution >= 4 is 0 Å². The van der Waals surface area contributed by atoms with Gasteiger partial charge in [0.2, 0.25) is 0 Å². The van der Waals surface area contributed by atoms with Crippen molar-refractivity contribution in [3.63, 3.8) is 0 Å². The summed E-state index contributed by atoms with van der Waals surface area (Å²) in [6.07, 6.45) is 3.03. The molecule has 0 spiro atoms. The van der Waals surface area contributed by atoms with Crippen LogP contribution < -0.4 is 10.6 Å². The molecule has 1 aliphatic heterocycles. The average molecular weight is 234 g/mol. The number of rotatable bonds is 5. The van der Waals surface area contributed by atoms with Gasteiger partial charge in [0, 0.05) is 38.4 Å². The molecule has 1 fully saturated rings. The van der Waals surface area contributed by atoms with E-state index in [1.165, 1.54) is 6.42 Å². The highest BCUT2D eigenvalue weighted by Gasteiger charge is 2.17. The average Bonchev–Trinajstić information content (AvgIpc) is 2.38. The number of pyridine rings is 1. The van der Waals surface area contributed by atoms with E-state index < -0.39 is 0 Å². The normalized spacial score (nSPS) is 21.6. The van der Waals surface area contributed by atoms with Gasteiger partial charge in [-0.25, -0.2) is 0 Å². The number of piperazine rings is 1. The number of aromatic nitrogens is 1. The fourth-order valence-corrected chi connectivity index (χ4v) is 2.17. The van der Waals surface area contributed by atoms with Gasteiger partial charge in [-0.3, -0.25) is 4.98 Å². The predicted molar refractivity (Wildman–Crippen MR) is 69.8 cm³/mol. The number of hydrogen-bond acceptors (Lipinski definition) is 4. The van der Waals surface area contributed by atoms with Crippen molar-refractivity contribution in [2.75, 3.05) is 33.2 Å². The molecule has 4 nitrogen and oxygen atoms in total. The van der Waals surface area contributed by atoms with Crippen LogP contribution in [-0.4, -0.2) is 49.2 Å². The Bertz CT molecular complexity index is 314. The summed E-state index contributed by atoms with van der Waals surface area (Å²) in [5.74, 6) is 0. The summed E-state index contributed by atoms with van der Waals surface area (Å²) in [5, 5.41) is 6.89. The van der Waals surface area contributed by atoms with Crippen LogP contribution in [0.3, 0.4) is 0 Å². The first kappa shape index (κ1) is 12.5. The lowest BCUT2D eigenvalue weighted by molar-refractivity contribution is 0.189. The fraction of sp³-hybridized carbons (Fsp3) is 0.615. The SMILES string of the molecule is CN1CCNCC1CCNCc1ccccn1. The largest absolute Gasteiger partial charge is 0.314 e. The predicted octanol–water partition coefficient (Wildman–Crippen LogP) is 0.465. The van der Waals surface area contributed by atoms with Gasteiger partial charge in [-0.05, 0) is 32.1 Å². The lowest BCUT2D eigenvalue weighted by atomic mass is 10.1. The summed E-state index contributed by atoms with van der Waals surface area (Å²) in [5.41, 5.74) is 1.11. The first-order chi connectivity index (χ1) is 8.36. The molecule has 1 aliphatic rings. The zero-order valence-electron chi connectivity index (χ0n) is 10.5. The van der Waals surface area contributed by atoms with Crippen molar-refractivity contribution in [2.45, 2.75) is 19.0 Å². The topological polar surface area (TPSA) is 40.2 Å². The first-order valence-electron chi connectivity index (χ1n) is 6.38. The minimum Gasteiger partial charge on any atom is -0.314 e. The van der Waals surface area contributed by atoms with Crippen LogP contribution in [0, 0.1) is 0 Å². The minimum absolute atomic E-state index is 0.667. The molecule has 1 aromatic rings. The van der Waals surface area contributed by atoms with Gasteiger partial charge in [0.1, 0.15) is 0 Å². The van der Waals surface area contributed by atoms with E-state index in [1.54, 1.807) is 0 Å². The van der Waals surface area contributed by atoms with Crippen LogP contribution in [-0.2, 0) is 6.54 Å². The Kier molecular flexibility index (Phi) is 4.91. The van der Waals surface area contributed by atoms with Crippen LogP contribution in [0.5, 0.6) is 0 Å². The lowest BCUT2D eigenvalue weighted by Gasteiger charge is -2.33. The molecule has 2 heterocycles. The van der Waals surface area contributed by atoms with Crippen molar-refractivity contribution in [2.24, 2.45) is 0 Å². The third-order valence-electron chi connectivity index (χ3n) is 3.33. The molecule has 17 heavy (non-hydrogen) atoms. The molecule has 1 unspecified atom stereocenters. The summed E-state index contributed by atoms with van der Waals surface area (Å²) in [6, 6.07) is 6.70. The van der Waals surface area contributed by atoms with Gasteiger partial charge in [-0.2, -0.15) is 0 Å². The summed E-state index contributed by atoms with van der Waals surface area (Å²) in [7, 11) is 2.21. The highest BCUT2D eigenvalue weighted by atomic mass is 15.2. The number of nitrogens with one attached hydrogen (secondary N) is 2. The maximum absolute atomic E-state index is 4.29. The van der Waals surface area contributed by atoms with E-state index in [2.05, 4.69) is 33.6 Å². The maximum Gasteiger partial charge on any atom is 0.0541 e. The molecule has 1 saturated heterocycles. The van der Waals surface area contributed by atoms with E-state index in [0.29, 0.717) is 6.04 Å². The van der Waals surface area contributed by atoms with E-state index in [0.717, 1.165) is 38.4 Å². The zero-order valence-corrected chi connectivity index (χ0v) is 10.5. The number of nitrogens with zero attached hydrogens (tertiary/aromatic N) is 2. The van der Waals surface area contributed by atoms with E-state index in [4.69, 9.17) is 0 Å². The van der Waals surface area contributed by atoms with Crippen LogP contribution in [0.15, 0.2) is 24.4 Å². The molecule has 4 heteroatoms. The van der Waals surface area contributed by atoms with E-state index in [9.17, 15) is 0 Å². The monoisotopic (exact) mass is 234 g/mol. The molecule has 0 bridgehead atoms. The highest BCUT2D eigenvalue weighted by molar-refractivity contribution is 5.02. The lowest BCUT2D eigenvalue weighted by Crippen LogP contribution is -2.50. The minimum atomic E-state index is 0.667. The van der Waals surface area contributed by atoms with E-state index in [-0.39, 0.29) is 0 Å². The van der Waals surface area contributed by atoms with Crippen molar-refractivity contribution in [1.82, 2.24) is 20.5 Å². The maximum atomic E-state index is 4.29. The Morgan fingerprint density at radius 1 is 1.53 bits per heavy atom. The summed E-state index contributed by atoms with van der Waals surface area (Å²) < 4.78 is 0. The van der Waals surface area contributed by atoms with Crippen LogP contribution >= 0.6 is 0 Å². The van der Waals surface area contributed by atoms with Gasteiger partial charge in [0.25, 0.3) is 0 Å². The van der Waals surface area contributed by atoms with Gasteiger partial charge >= 0.3 is 0 Å². The van der Waals surface area contributed by atoms with Crippen LogP contribution in [0.2, 0.25) is 0 Å². The molecule has 1 atom stereocenters. The third kappa shape index (κ3) is 4.07. The smallest absolute Gasteiger partial charge is 0.0541 e.